The van der Waals surface area contributed by atoms with Gasteiger partial charge in [0.05, 0.1) is 6.42 Å². The molecular weight excluding hydrogens is 244 g/mol. The second-order valence-corrected chi connectivity index (χ2v) is 4.84. The Morgan fingerprint density at radius 1 is 1.47 bits per heavy atom. The molecule has 1 amide bonds. The Hall–Kier alpha value is -1.88. The zero-order valence-corrected chi connectivity index (χ0v) is 10.9. The molecule has 0 spiro atoms. The summed E-state index contributed by atoms with van der Waals surface area (Å²) < 4.78 is 0. The SMILES string of the molecule is CC(CC(=O)O)NC(=O)c1cccc2c1CCNC2. The van der Waals surface area contributed by atoms with Crippen molar-refractivity contribution in [3.05, 3.63) is 34.9 Å². The Morgan fingerprint density at radius 3 is 3.00 bits per heavy atom. The Labute approximate surface area is 112 Å². The van der Waals surface area contributed by atoms with E-state index in [9.17, 15) is 9.59 Å². The number of benzene rings is 1. The van der Waals surface area contributed by atoms with E-state index in [1.54, 1.807) is 13.0 Å². The molecule has 0 saturated heterocycles. The molecule has 19 heavy (non-hydrogen) atoms. The highest BCUT2D eigenvalue weighted by Crippen LogP contribution is 2.18. The van der Waals surface area contributed by atoms with Crippen molar-refractivity contribution in [1.82, 2.24) is 10.6 Å². The third kappa shape index (κ3) is 3.32. The minimum atomic E-state index is -0.910. The molecule has 0 aromatic heterocycles. The Bertz CT molecular complexity index is 499. The van der Waals surface area contributed by atoms with Gasteiger partial charge < -0.3 is 15.7 Å². The van der Waals surface area contributed by atoms with Gasteiger partial charge in [0.2, 0.25) is 0 Å². The van der Waals surface area contributed by atoms with Crippen LogP contribution in [0.25, 0.3) is 0 Å². The van der Waals surface area contributed by atoms with Crippen molar-refractivity contribution in [3.63, 3.8) is 0 Å². The smallest absolute Gasteiger partial charge is 0.305 e. The van der Waals surface area contributed by atoms with E-state index in [0.29, 0.717) is 5.56 Å². The molecule has 1 aliphatic rings. The van der Waals surface area contributed by atoms with E-state index in [2.05, 4.69) is 10.6 Å². The summed E-state index contributed by atoms with van der Waals surface area (Å²) in [5.74, 6) is -1.10. The Balaban J connectivity index is 2.13. The van der Waals surface area contributed by atoms with E-state index in [1.807, 2.05) is 12.1 Å². The van der Waals surface area contributed by atoms with Gasteiger partial charge in [-0.25, -0.2) is 0 Å². The predicted octanol–water partition coefficient (Wildman–Crippen LogP) is 0.925. The minimum absolute atomic E-state index is 0.0671. The third-order valence-corrected chi connectivity index (χ3v) is 3.24. The molecule has 1 unspecified atom stereocenters. The highest BCUT2D eigenvalue weighted by atomic mass is 16.4. The second-order valence-electron chi connectivity index (χ2n) is 4.84. The number of aliphatic carboxylic acids is 1. The lowest BCUT2D eigenvalue weighted by Gasteiger charge is -2.21. The fraction of sp³-hybridized carbons (Fsp3) is 0.429. The average Bonchev–Trinajstić information content (AvgIpc) is 2.36. The second kappa shape index (κ2) is 5.84. The number of hydrogen-bond acceptors (Lipinski definition) is 3. The molecule has 0 aliphatic carbocycles. The van der Waals surface area contributed by atoms with Gasteiger partial charge in [0.15, 0.2) is 0 Å². The number of amides is 1. The number of nitrogens with one attached hydrogen (secondary N) is 2. The van der Waals surface area contributed by atoms with E-state index >= 15 is 0 Å². The molecule has 0 radical (unpaired) electrons. The van der Waals surface area contributed by atoms with Crippen LogP contribution in [0.5, 0.6) is 0 Å². The van der Waals surface area contributed by atoms with Crippen molar-refractivity contribution in [1.29, 1.82) is 0 Å². The highest BCUT2D eigenvalue weighted by molar-refractivity contribution is 5.96. The summed E-state index contributed by atoms with van der Waals surface area (Å²) in [6.45, 7) is 3.34. The molecule has 1 heterocycles. The summed E-state index contributed by atoms with van der Waals surface area (Å²) >= 11 is 0. The molecular formula is C14H18N2O3. The molecule has 1 aromatic rings. The summed E-state index contributed by atoms with van der Waals surface area (Å²) in [5, 5.41) is 14.7. The van der Waals surface area contributed by atoms with Crippen LogP contribution in [0.15, 0.2) is 18.2 Å². The summed E-state index contributed by atoms with van der Waals surface area (Å²) in [5.41, 5.74) is 2.88. The summed E-state index contributed by atoms with van der Waals surface area (Å²) in [7, 11) is 0. The van der Waals surface area contributed by atoms with Gasteiger partial charge in [-0.05, 0) is 37.1 Å². The van der Waals surface area contributed by atoms with Crippen LogP contribution in [-0.4, -0.2) is 29.6 Å². The number of rotatable bonds is 4. The lowest BCUT2D eigenvalue weighted by atomic mass is 9.95. The van der Waals surface area contributed by atoms with Gasteiger partial charge in [-0.2, -0.15) is 0 Å². The van der Waals surface area contributed by atoms with Crippen molar-refractivity contribution in [3.8, 4) is 0 Å². The Kier molecular flexibility index (Phi) is 4.16. The van der Waals surface area contributed by atoms with Crippen LogP contribution in [0.4, 0.5) is 0 Å². The molecule has 5 heteroatoms. The number of carbonyl (C=O) groups excluding carboxylic acids is 1. The van der Waals surface area contributed by atoms with E-state index in [1.165, 1.54) is 0 Å². The first-order chi connectivity index (χ1) is 9.08. The van der Waals surface area contributed by atoms with Gasteiger partial charge in [0.1, 0.15) is 0 Å². The van der Waals surface area contributed by atoms with Gasteiger partial charge in [0.25, 0.3) is 5.91 Å². The van der Waals surface area contributed by atoms with E-state index < -0.39 is 5.97 Å². The van der Waals surface area contributed by atoms with E-state index in [0.717, 1.165) is 30.6 Å². The standard InChI is InChI=1S/C14H18N2O3/c1-9(7-13(17)18)16-14(19)12-4-2-3-10-8-15-6-5-11(10)12/h2-4,9,15H,5-8H2,1H3,(H,16,19)(H,17,18). The highest BCUT2D eigenvalue weighted by Gasteiger charge is 2.19. The zero-order valence-electron chi connectivity index (χ0n) is 10.9. The lowest BCUT2D eigenvalue weighted by Crippen LogP contribution is -2.35. The van der Waals surface area contributed by atoms with Crippen LogP contribution < -0.4 is 10.6 Å². The summed E-state index contributed by atoms with van der Waals surface area (Å²) in [6.07, 6.45) is 0.758. The van der Waals surface area contributed by atoms with Gasteiger partial charge >= 0.3 is 5.97 Å². The molecule has 1 aromatic carbocycles. The fourth-order valence-electron chi connectivity index (χ4n) is 2.36. The molecule has 0 fully saturated rings. The predicted molar refractivity (Wildman–Crippen MR) is 71.0 cm³/mol. The van der Waals surface area contributed by atoms with Crippen LogP contribution in [0.3, 0.4) is 0 Å². The molecule has 5 nitrogen and oxygen atoms in total. The molecule has 0 saturated carbocycles. The van der Waals surface area contributed by atoms with Gasteiger partial charge in [-0.3, -0.25) is 9.59 Å². The molecule has 2 rings (SSSR count). The van der Waals surface area contributed by atoms with Crippen LogP contribution in [0.2, 0.25) is 0 Å². The van der Waals surface area contributed by atoms with Crippen LogP contribution in [-0.2, 0) is 17.8 Å². The largest absolute Gasteiger partial charge is 0.481 e. The topological polar surface area (TPSA) is 78.4 Å². The maximum atomic E-state index is 12.2. The van der Waals surface area contributed by atoms with Crippen molar-refractivity contribution in [2.45, 2.75) is 32.4 Å². The first-order valence-electron chi connectivity index (χ1n) is 6.42. The molecule has 1 atom stereocenters. The van der Waals surface area contributed by atoms with Gasteiger partial charge in [0, 0.05) is 18.2 Å². The third-order valence-electron chi connectivity index (χ3n) is 3.24. The van der Waals surface area contributed by atoms with Gasteiger partial charge in [-0.1, -0.05) is 12.1 Å². The normalized spacial score (nSPS) is 15.4. The van der Waals surface area contributed by atoms with E-state index in [-0.39, 0.29) is 18.4 Å². The molecule has 102 valence electrons. The number of fused-ring (bicyclic) bond motifs is 1. The van der Waals surface area contributed by atoms with Crippen molar-refractivity contribution in [2.24, 2.45) is 0 Å². The molecule has 3 N–H and O–H groups in total. The first kappa shape index (κ1) is 13.5. The zero-order chi connectivity index (χ0) is 13.8. The van der Waals surface area contributed by atoms with Gasteiger partial charge in [-0.15, -0.1) is 0 Å². The lowest BCUT2D eigenvalue weighted by molar-refractivity contribution is -0.137. The van der Waals surface area contributed by atoms with Crippen molar-refractivity contribution >= 4 is 11.9 Å². The Morgan fingerprint density at radius 2 is 2.26 bits per heavy atom. The van der Waals surface area contributed by atoms with Crippen molar-refractivity contribution in [2.75, 3.05) is 6.54 Å². The number of carbonyl (C=O) groups is 2. The maximum absolute atomic E-state index is 12.2. The molecule has 1 aliphatic heterocycles. The monoisotopic (exact) mass is 262 g/mol. The summed E-state index contributed by atoms with van der Waals surface area (Å²) in [6, 6.07) is 5.30. The van der Waals surface area contributed by atoms with Crippen LogP contribution in [0, 0.1) is 0 Å². The maximum Gasteiger partial charge on any atom is 0.305 e. The minimum Gasteiger partial charge on any atom is -0.481 e. The molecule has 0 bridgehead atoms. The van der Waals surface area contributed by atoms with E-state index in [4.69, 9.17) is 5.11 Å². The number of carboxylic acid groups (broad SMARTS) is 1. The quantitative estimate of drug-likeness (QED) is 0.754. The number of hydrogen-bond donors (Lipinski definition) is 3. The van der Waals surface area contributed by atoms with Crippen LogP contribution >= 0.6 is 0 Å². The number of carboxylic acids is 1. The van der Waals surface area contributed by atoms with Crippen LogP contribution in [0.1, 0.15) is 34.8 Å². The first-order valence-corrected chi connectivity index (χ1v) is 6.42. The average molecular weight is 262 g/mol. The summed E-state index contributed by atoms with van der Waals surface area (Å²) in [4.78, 5) is 22.8. The van der Waals surface area contributed by atoms with Crippen molar-refractivity contribution < 1.29 is 14.7 Å². The fourth-order valence-corrected chi connectivity index (χ4v) is 2.36.